The van der Waals surface area contributed by atoms with Crippen molar-refractivity contribution in [1.29, 1.82) is 0 Å². The molecule has 1 N–H and O–H groups in total. The number of fused-ring (bicyclic) bond motifs is 1. The molecule has 5 heteroatoms. The topological polar surface area (TPSA) is 63.6 Å². The van der Waals surface area contributed by atoms with Crippen molar-refractivity contribution in [2.75, 3.05) is 5.32 Å². The highest BCUT2D eigenvalue weighted by Gasteiger charge is 2.02. The minimum atomic E-state index is 0.644. The monoisotopic (exact) mass is 251 g/mol. The van der Waals surface area contributed by atoms with E-state index in [2.05, 4.69) is 25.3 Å². The largest absolute Gasteiger partial charge is 0.364 e. The molecule has 0 amide bonds. The van der Waals surface area contributed by atoms with E-state index in [1.807, 2.05) is 31.2 Å². The van der Waals surface area contributed by atoms with Crippen molar-refractivity contribution >= 4 is 17.0 Å². The van der Waals surface area contributed by atoms with Crippen molar-refractivity contribution in [1.82, 2.24) is 19.9 Å². The van der Waals surface area contributed by atoms with E-state index in [1.54, 1.807) is 18.6 Å². The van der Waals surface area contributed by atoms with E-state index in [0.717, 1.165) is 22.6 Å². The van der Waals surface area contributed by atoms with Crippen molar-refractivity contribution in [2.45, 2.75) is 13.5 Å². The second kappa shape index (κ2) is 4.97. The third-order valence-corrected chi connectivity index (χ3v) is 2.89. The van der Waals surface area contributed by atoms with Crippen LogP contribution in [0.5, 0.6) is 0 Å². The maximum absolute atomic E-state index is 4.41. The molecule has 0 fully saturated rings. The molecule has 0 radical (unpaired) electrons. The van der Waals surface area contributed by atoms with Gasteiger partial charge in [0.25, 0.3) is 0 Å². The van der Waals surface area contributed by atoms with Crippen LogP contribution in [0.3, 0.4) is 0 Å². The highest BCUT2D eigenvalue weighted by atomic mass is 15.0. The van der Waals surface area contributed by atoms with Crippen LogP contribution in [0.15, 0.2) is 42.9 Å². The summed E-state index contributed by atoms with van der Waals surface area (Å²) >= 11 is 0. The van der Waals surface area contributed by atoms with Gasteiger partial charge in [-0.05, 0) is 30.7 Å². The zero-order valence-electron chi connectivity index (χ0n) is 10.5. The molecule has 3 heterocycles. The minimum Gasteiger partial charge on any atom is -0.364 e. The predicted molar refractivity (Wildman–Crippen MR) is 73.6 cm³/mol. The lowest BCUT2D eigenvalue weighted by Crippen LogP contribution is -2.05. The zero-order valence-corrected chi connectivity index (χ0v) is 10.5. The average molecular weight is 251 g/mol. The Morgan fingerprint density at radius 1 is 1.00 bits per heavy atom. The van der Waals surface area contributed by atoms with Crippen LogP contribution in [0.25, 0.3) is 11.2 Å². The van der Waals surface area contributed by atoms with Crippen LogP contribution in [0.1, 0.15) is 11.3 Å². The van der Waals surface area contributed by atoms with E-state index < -0.39 is 0 Å². The molecule has 0 aliphatic heterocycles. The normalized spacial score (nSPS) is 10.6. The van der Waals surface area contributed by atoms with Crippen LogP contribution >= 0.6 is 0 Å². The number of anilines is 1. The quantitative estimate of drug-likeness (QED) is 0.774. The van der Waals surface area contributed by atoms with E-state index in [1.165, 1.54) is 0 Å². The molecule has 0 atom stereocenters. The molecule has 0 saturated carbocycles. The highest BCUT2D eigenvalue weighted by Crippen LogP contribution is 2.12. The minimum absolute atomic E-state index is 0.644. The lowest BCUT2D eigenvalue weighted by Gasteiger charge is -2.07. The Labute approximate surface area is 110 Å². The third kappa shape index (κ3) is 2.49. The lowest BCUT2D eigenvalue weighted by atomic mass is 10.2. The molecule has 3 rings (SSSR count). The molecule has 0 aliphatic carbocycles. The fourth-order valence-electron chi connectivity index (χ4n) is 1.83. The van der Waals surface area contributed by atoms with E-state index in [0.29, 0.717) is 12.2 Å². The summed E-state index contributed by atoms with van der Waals surface area (Å²) in [5.41, 5.74) is 3.62. The van der Waals surface area contributed by atoms with Crippen molar-refractivity contribution < 1.29 is 0 Å². The number of hydrogen-bond acceptors (Lipinski definition) is 5. The Morgan fingerprint density at radius 3 is 2.79 bits per heavy atom. The summed E-state index contributed by atoms with van der Waals surface area (Å²) in [7, 11) is 0. The smallest absolute Gasteiger partial charge is 0.180 e. The first-order valence-electron chi connectivity index (χ1n) is 6.05. The number of nitrogens with zero attached hydrogens (tertiary/aromatic N) is 4. The van der Waals surface area contributed by atoms with Crippen molar-refractivity contribution in [3.63, 3.8) is 0 Å². The summed E-state index contributed by atoms with van der Waals surface area (Å²) < 4.78 is 0. The molecule has 0 bridgehead atoms. The van der Waals surface area contributed by atoms with Crippen molar-refractivity contribution in [2.24, 2.45) is 0 Å². The first-order chi connectivity index (χ1) is 9.33. The van der Waals surface area contributed by atoms with Gasteiger partial charge in [0.1, 0.15) is 11.3 Å². The molecule has 5 nitrogen and oxygen atoms in total. The van der Waals surface area contributed by atoms with E-state index in [4.69, 9.17) is 0 Å². The van der Waals surface area contributed by atoms with Gasteiger partial charge in [0.2, 0.25) is 0 Å². The van der Waals surface area contributed by atoms with E-state index >= 15 is 0 Å². The van der Waals surface area contributed by atoms with Crippen LogP contribution < -0.4 is 5.32 Å². The molecule has 0 aliphatic rings. The fraction of sp³-hybridized carbons (Fsp3) is 0.143. The number of aromatic nitrogens is 4. The van der Waals surface area contributed by atoms with Gasteiger partial charge in [-0.15, -0.1) is 0 Å². The summed E-state index contributed by atoms with van der Waals surface area (Å²) in [4.78, 5) is 17.1. The Balaban J connectivity index is 1.80. The van der Waals surface area contributed by atoms with Gasteiger partial charge in [0.15, 0.2) is 5.65 Å². The Hall–Kier alpha value is -2.56. The van der Waals surface area contributed by atoms with Crippen LogP contribution in [-0.2, 0) is 6.54 Å². The summed E-state index contributed by atoms with van der Waals surface area (Å²) in [5, 5.41) is 3.25. The molecule has 0 spiro atoms. The molecule has 3 aromatic rings. The second-order valence-electron chi connectivity index (χ2n) is 4.22. The summed E-state index contributed by atoms with van der Waals surface area (Å²) in [6, 6.07) is 7.78. The second-order valence-corrected chi connectivity index (χ2v) is 4.22. The number of pyridine rings is 2. The van der Waals surface area contributed by atoms with E-state index in [9.17, 15) is 0 Å². The SMILES string of the molecule is Cc1cccnc1CNc1ccc2nccnc2n1. The van der Waals surface area contributed by atoms with Gasteiger partial charge in [0, 0.05) is 18.6 Å². The molecule has 0 unspecified atom stereocenters. The number of nitrogens with one attached hydrogen (secondary N) is 1. The third-order valence-electron chi connectivity index (χ3n) is 2.89. The zero-order chi connectivity index (χ0) is 13.1. The predicted octanol–water partition coefficient (Wildman–Crippen LogP) is 2.34. The molecule has 0 saturated heterocycles. The summed E-state index contributed by atoms with van der Waals surface area (Å²) in [6.45, 7) is 2.69. The van der Waals surface area contributed by atoms with Crippen LogP contribution in [0, 0.1) is 6.92 Å². The number of hydrogen-bond donors (Lipinski definition) is 1. The molecule has 94 valence electrons. The van der Waals surface area contributed by atoms with E-state index in [-0.39, 0.29) is 0 Å². The van der Waals surface area contributed by atoms with Gasteiger partial charge in [-0.1, -0.05) is 6.07 Å². The van der Waals surface area contributed by atoms with Gasteiger partial charge >= 0.3 is 0 Å². The van der Waals surface area contributed by atoms with Gasteiger partial charge in [-0.25, -0.2) is 9.97 Å². The van der Waals surface area contributed by atoms with Gasteiger partial charge in [0.05, 0.1) is 12.2 Å². The first kappa shape index (κ1) is 11.5. The molecular formula is C14H13N5. The standard InChI is InChI=1S/C14H13N5/c1-10-3-2-6-15-12(10)9-18-13-5-4-11-14(19-13)17-8-7-16-11/h2-8H,9H2,1H3,(H,17,18,19). The van der Waals surface area contributed by atoms with Gasteiger partial charge in [-0.2, -0.15) is 0 Å². The number of rotatable bonds is 3. The number of aryl methyl sites for hydroxylation is 1. The molecule has 3 aromatic heterocycles. The first-order valence-corrected chi connectivity index (χ1v) is 6.05. The lowest BCUT2D eigenvalue weighted by molar-refractivity contribution is 1.01. The highest BCUT2D eigenvalue weighted by molar-refractivity contribution is 5.71. The molecular weight excluding hydrogens is 238 g/mol. The maximum atomic E-state index is 4.41. The average Bonchev–Trinajstić information content (AvgIpc) is 2.46. The van der Waals surface area contributed by atoms with Crippen LogP contribution in [-0.4, -0.2) is 19.9 Å². The maximum Gasteiger partial charge on any atom is 0.180 e. The molecule has 19 heavy (non-hydrogen) atoms. The molecule has 0 aromatic carbocycles. The van der Waals surface area contributed by atoms with Crippen LogP contribution in [0.2, 0.25) is 0 Å². The van der Waals surface area contributed by atoms with Gasteiger partial charge < -0.3 is 5.32 Å². The Morgan fingerprint density at radius 2 is 1.89 bits per heavy atom. The summed E-state index contributed by atoms with van der Waals surface area (Å²) in [6.07, 6.45) is 5.10. The van der Waals surface area contributed by atoms with Gasteiger partial charge in [-0.3, -0.25) is 9.97 Å². The van der Waals surface area contributed by atoms with Crippen molar-refractivity contribution in [3.8, 4) is 0 Å². The van der Waals surface area contributed by atoms with Crippen LogP contribution in [0.4, 0.5) is 5.82 Å². The van der Waals surface area contributed by atoms with Crippen molar-refractivity contribution in [3.05, 3.63) is 54.1 Å². The Kier molecular flexibility index (Phi) is 3.02. The Bertz CT molecular complexity index is 711. The fourth-order valence-corrected chi connectivity index (χ4v) is 1.83. The summed E-state index contributed by atoms with van der Waals surface area (Å²) in [5.74, 6) is 0.776.